The lowest BCUT2D eigenvalue weighted by Gasteiger charge is -2.34. The molecular formula is C28H31N5O5. The normalized spacial score (nSPS) is 16.5. The number of nitrogens with zero attached hydrogens (tertiary/aromatic N) is 4. The minimum Gasteiger partial charge on any atom is -0.452 e. The fourth-order valence-corrected chi connectivity index (χ4v) is 5.12. The van der Waals surface area contributed by atoms with Gasteiger partial charge in [-0.15, -0.1) is 0 Å². The van der Waals surface area contributed by atoms with Gasteiger partial charge in [-0.05, 0) is 50.1 Å². The highest BCUT2D eigenvalue weighted by atomic mass is 16.5. The zero-order valence-electron chi connectivity index (χ0n) is 22.0. The lowest BCUT2D eigenvalue weighted by Crippen LogP contribution is -2.40. The van der Waals surface area contributed by atoms with E-state index >= 15 is 0 Å². The van der Waals surface area contributed by atoms with E-state index in [9.17, 15) is 14.4 Å². The summed E-state index contributed by atoms with van der Waals surface area (Å²) in [7, 11) is 5.52. The van der Waals surface area contributed by atoms with Crippen molar-refractivity contribution in [3.63, 3.8) is 0 Å². The minimum atomic E-state index is -0.583. The second-order valence-electron chi connectivity index (χ2n) is 9.71. The number of hydrogen-bond donors (Lipinski definition) is 1. The molecule has 0 unspecified atom stereocenters. The summed E-state index contributed by atoms with van der Waals surface area (Å²) in [6.45, 7) is 3.48. The molecule has 0 atom stereocenters. The summed E-state index contributed by atoms with van der Waals surface area (Å²) in [4.78, 5) is 46.0. The molecule has 0 aliphatic carbocycles. The predicted octanol–water partition coefficient (Wildman–Crippen LogP) is 4.06. The number of ketones is 1. The van der Waals surface area contributed by atoms with E-state index in [1.54, 1.807) is 56.4 Å². The van der Waals surface area contributed by atoms with Gasteiger partial charge in [0.1, 0.15) is 11.4 Å². The Hall–Kier alpha value is -4.34. The number of benzene rings is 1. The first-order chi connectivity index (χ1) is 18.3. The monoisotopic (exact) mass is 517 g/mol. The van der Waals surface area contributed by atoms with E-state index in [1.807, 2.05) is 23.9 Å². The highest BCUT2D eigenvalue weighted by Gasteiger charge is 2.30. The van der Waals surface area contributed by atoms with Gasteiger partial charge >= 0.3 is 6.09 Å². The molecule has 2 amide bonds. The number of carbonyl (C=O) groups is 3. The summed E-state index contributed by atoms with van der Waals surface area (Å²) in [6.07, 6.45) is 6.45. The van der Waals surface area contributed by atoms with Gasteiger partial charge in [0.05, 0.1) is 12.2 Å². The van der Waals surface area contributed by atoms with Crippen LogP contribution in [0.5, 0.6) is 5.75 Å². The molecule has 1 fully saturated rings. The van der Waals surface area contributed by atoms with Crippen molar-refractivity contribution >= 4 is 46.3 Å². The van der Waals surface area contributed by atoms with Crippen LogP contribution in [0, 0.1) is 5.92 Å². The molecule has 1 aromatic carbocycles. The summed E-state index contributed by atoms with van der Waals surface area (Å²) in [5, 5.41) is 3.54. The van der Waals surface area contributed by atoms with Gasteiger partial charge in [0.2, 0.25) is 11.7 Å². The second-order valence-corrected chi connectivity index (χ2v) is 9.71. The summed E-state index contributed by atoms with van der Waals surface area (Å²) in [5.74, 6) is 0.569. The van der Waals surface area contributed by atoms with E-state index in [-0.39, 0.29) is 30.0 Å². The van der Waals surface area contributed by atoms with Crippen LogP contribution in [0.1, 0.15) is 35.7 Å². The van der Waals surface area contributed by atoms with Crippen LogP contribution in [0.4, 0.5) is 16.2 Å². The molecule has 4 heterocycles. The van der Waals surface area contributed by atoms with Gasteiger partial charge < -0.3 is 23.8 Å². The first-order valence-electron chi connectivity index (χ1n) is 12.7. The molecule has 10 nitrogen and oxygen atoms in total. The number of Topliss-reactive ketones (excluding diaryl/α,β-unsaturated/α-hetero) is 1. The van der Waals surface area contributed by atoms with Crippen LogP contribution in [0.25, 0.3) is 17.1 Å². The summed E-state index contributed by atoms with van der Waals surface area (Å²) in [6, 6.07) is 6.89. The summed E-state index contributed by atoms with van der Waals surface area (Å²) < 4.78 is 12.8. The number of ether oxygens (including phenoxy) is 2. The molecule has 5 rings (SSSR count). The van der Waals surface area contributed by atoms with E-state index in [1.165, 1.54) is 0 Å². The average Bonchev–Trinajstić information content (AvgIpc) is 3.39. The van der Waals surface area contributed by atoms with E-state index < -0.39 is 6.09 Å². The Balaban J connectivity index is 1.43. The van der Waals surface area contributed by atoms with Crippen molar-refractivity contribution in [2.75, 3.05) is 44.0 Å². The molecule has 0 spiro atoms. The number of nitrogens with one attached hydrogen (secondary N) is 1. The standard InChI is InChI=1S/C28H31N5O5/c1-5-37-28(36)30-19-6-7-22-20(15-19)25(34)23(38-22)14-18-16-32(4)26-24(18)21(8-11-29-26)33-12-9-17(10-13-33)27(35)31(2)3/h6-8,11,14-17H,5,9-10,12-13H2,1-4H3,(H,30,36)/b23-14-. The number of allylic oxidation sites excluding steroid dienone is 1. The third kappa shape index (κ3) is 4.69. The Labute approximate surface area is 220 Å². The number of fused-ring (bicyclic) bond motifs is 2. The van der Waals surface area contributed by atoms with Crippen molar-refractivity contribution in [2.45, 2.75) is 19.8 Å². The Bertz CT molecular complexity index is 1450. The summed E-state index contributed by atoms with van der Waals surface area (Å²) >= 11 is 0. The van der Waals surface area contributed by atoms with Crippen molar-refractivity contribution in [3.8, 4) is 5.75 Å². The number of aromatic nitrogens is 2. The van der Waals surface area contributed by atoms with E-state index in [0.717, 1.165) is 48.2 Å². The van der Waals surface area contributed by atoms with Crippen LogP contribution in [0.2, 0.25) is 0 Å². The van der Waals surface area contributed by atoms with Gasteiger partial charge in [0.15, 0.2) is 5.76 Å². The summed E-state index contributed by atoms with van der Waals surface area (Å²) in [5.41, 5.74) is 3.45. The van der Waals surface area contributed by atoms with Crippen LogP contribution < -0.4 is 15.0 Å². The van der Waals surface area contributed by atoms with E-state index in [2.05, 4.69) is 15.2 Å². The van der Waals surface area contributed by atoms with Gasteiger partial charge in [-0.2, -0.15) is 0 Å². The predicted molar refractivity (Wildman–Crippen MR) is 144 cm³/mol. The fourth-order valence-electron chi connectivity index (χ4n) is 5.12. The van der Waals surface area contributed by atoms with Crippen molar-refractivity contribution < 1.29 is 23.9 Å². The highest BCUT2D eigenvalue weighted by molar-refractivity contribution is 6.16. The average molecular weight is 518 g/mol. The van der Waals surface area contributed by atoms with Crippen molar-refractivity contribution in [2.24, 2.45) is 13.0 Å². The van der Waals surface area contributed by atoms with Gasteiger partial charge in [-0.3, -0.25) is 14.9 Å². The zero-order chi connectivity index (χ0) is 27.0. The maximum Gasteiger partial charge on any atom is 0.411 e. The van der Waals surface area contributed by atoms with Crippen LogP contribution >= 0.6 is 0 Å². The molecule has 0 bridgehead atoms. The van der Waals surface area contributed by atoms with Gasteiger partial charge in [0, 0.05) is 74.9 Å². The molecule has 10 heteroatoms. The lowest BCUT2D eigenvalue weighted by molar-refractivity contribution is -0.133. The third-order valence-corrected chi connectivity index (χ3v) is 6.97. The molecule has 2 aliphatic rings. The maximum absolute atomic E-state index is 13.2. The number of pyridine rings is 1. The smallest absolute Gasteiger partial charge is 0.411 e. The Morgan fingerprint density at radius 1 is 1.24 bits per heavy atom. The Kier molecular flexibility index (Phi) is 6.79. The molecule has 38 heavy (non-hydrogen) atoms. The molecule has 2 aromatic heterocycles. The van der Waals surface area contributed by atoms with Crippen molar-refractivity contribution in [1.29, 1.82) is 0 Å². The molecule has 198 valence electrons. The van der Waals surface area contributed by atoms with Crippen molar-refractivity contribution in [1.82, 2.24) is 14.5 Å². The Morgan fingerprint density at radius 3 is 2.71 bits per heavy atom. The number of piperidine rings is 1. The lowest BCUT2D eigenvalue weighted by atomic mass is 9.95. The maximum atomic E-state index is 13.2. The SMILES string of the molecule is CCOC(=O)Nc1ccc2c(c1)C(=O)/C(=C/c1cn(C)c3nccc(N4CCC(C(=O)N(C)C)CC4)c13)O2. The molecule has 1 saturated heterocycles. The number of carbonyl (C=O) groups excluding carboxylic acids is 3. The first kappa shape index (κ1) is 25.3. The number of rotatable bonds is 5. The second kappa shape index (κ2) is 10.2. The quantitative estimate of drug-likeness (QED) is 0.509. The van der Waals surface area contributed by atoms with E-state index in [4.69, 9.17) is 9.47 Å². The van der Waals surface area contributed by atoms with E-state index in [0.29, 0.717) is 17.0 Å². The van der Waals surface area contributed by atoms with Gasteiger partial charge in [-0.25, -0.2) is 9.78 Å². The molecule has 3 aromatic rings. The van der Waals surface area contributed by atoms with Crippen molar-refractivity contribution in [3.05, 3.63) is 53.5 Å². The number of aryl methyl sites for hydroxylation is 1. The fraction of sp³-hybridized carbons (Fsp3) is 0.357. The molecule has 0 saturated carbocycles. The van der Waals surface area contributed by atoms with Gasteiger partial charge in [0.25, 0.3) is 0 Å². The molecular weight excluding hydrogens is 486 g/mol. The zero-order valence-corrected chi connectivity index (χ0v) is 22.0. The Morgan fingerprint density at radius 2 is 2.00 bits per heavy atom. The van der Waals surface area contributed by atoms with Crippen LogP contribution in [-0.2, 0) is 16.6 Å². The number of hydrogen-bond acceptors (Lipinski definition) is 7. The third-order valence-electron chi connectivity index (χ3n) is 6.97. The minimum absolute atomic E-state index is 0.0298. The van der Waals surface area contributed by atoms with Crippen LogP contribution in [0.3, 0.4) is 0 Å². The number of amides is 2. The molecule has 1 N–H and O–H groups in total. The number of anilines is 2. The topological polar surface area (TPSA) is 106 Å². The van der Waals surface area contributed by atoms with Crippen LogP contribution in [-0.4, -0.2) is 66.0 Å². The first-order valence-corrected chi connectivity index (χ1v) is 12.7. The highest BCUT2D eigenvalue weighted by Crippen LogP contribution is 2.37. The van der Waals surface area contributed by atoms with Crippen LogP contribution in [0.15, 0.2) is 42.4 Å². The molecule has 0 radical (unpaired) electrons. The van der Waals surface area contributed by atoms with Gasteiger partial charge in [-0.1, -0.05) is 0 Å². The molecule has 2 aliphatic heterocycles. The largest absolute Gasteiger partial charge is 0.452 e.